The Morgan fingerprint density at radius 2 is 1.93 bits per heavy atom. The highest BCUT2D eigenvalue weighted by atomic mass is 32.2. The molecule has 1 N–H and O–H groups in total. The fraction of sp³-hybridized carbons (Fsp3) is 0.333. The number of hydrogen-bond donors (Lipinski definition) is 1. The van der Waals surface area contributed by atoms with Gasteiger partial charge in [0.1, 0.15) is 0 Å². The second-order valence-corrected chi connectivity index (χ2v) is 8.84. The first-order valence-corrected chi connectivity index (χ1v) is 10.8. The third kappa shape index (κ3) is 4.44. The van der Waals surface area contributed by atoms with Crippen LogP contribution in [0.25, 0.3) is 10.9 Å². The molecule has 156 valence electrons. The highest BCUT2D eigenvalue weighted by molar-refractivity contribution is 7.89. The van der Waals surface area contributed by atoms with Crippen LogP contribution in [0.1, 0.15) is 18.5 Å². The summed E-state index contributed by atoms with van der Waals surface area (Å²) < 4.78 is 49.4. The maximum Gasteiger partial charge on any atom is 0.240 e. The van der Waals surface area contributed by atoms with Crippen LogP contribution >= 0.6 is 0 Å². The van der Waals surface area contributed by atoms with Crippen LogP contribution in [-0.4, -0.2) is 45.1 Å². The Morgan fingerprint density at radius 3 is 2.59 bits per heavy atom. The lowest BCUT2D eigenvalue weighted by atomic mass is 10.1. The van der Waals surface area contributed by atoms with E-state index in [0.717, 1.165) is 22.5 Å². The van der Waals surface area contributed by atoms with Gasteiger partial charge in [-0.25, -0.2) is 17.5 Å². The molecule has 0 saturated heterocycles. The van der Waals surface area contributed by atoms with Gasteiger partial charge in [0.15, 0.2) is 11.6 Å². The SMILES string of the molecule is CCOc1ccc(S(=O)(=O)NC[C@H](c2cn(C)c3ccccc23)N(C)C)cc1F. The molecular weight excluding hydrogens is 393 g/mol. The molecule has 1 heterocycles. The summed E-state index contributed by atoms with van der Waals surface area (Å²) in [6, 6.07) is 11.5. The maximum atomic E-state index is 14.1. The Hall–Kier alpha value is -2.42. The van der Waals surface area contributed by atoms with Crippen LogP contribution in [0.15, 0.2) is 53.6 Å². The molecule has 0 bridgehead atoms. The number of hydrogen-bond acceptors (Lipinski definition) is 4. The Balaban J connectivity index is 1.86. The Kier molecular flexibility index (Phi) is 6.26. The zero-order chi connectivity index (χ0) is 21.2. The van der Waals surface area contributed by atoms with Crippen molar-refractivity contribution in [3.8, 4) is 5.75 Å². The topological polar surface area (TPSA) is 63.6 Å². The van der Waals surface area contributed by atoms with E-state index in [-0.39, 0.29) is 23.2 Å². The Labute approximate surface area is 170 Å². The molecule has 6 nitrogen and oxygen atoms in total. The number of rotatable bonds is 8. The summed E-state index contributed by atoms with van der Waals surface area (Å²) in [5, 5.41) is 1.07. The summed E-state index contributed by atoms with van der Waals surface area (Å²) in [7, 11) is 1.89. The van der Waals surface area contributed by atoms with Gasteiger partial charge < -0.3 is 14.2 Å². The lowest BCUT2D eigenvalue weighted by Gasteiger charge is -2.24. The lowest BCUT2D eigenvalue weighted by Crippen LogP contribution is -2.34. The Bertz CT molecular complexity index is 1110. The molecule has 8 heteroatoms. The van der Waals surface area contributed by atoms with Gasteiger partial charge >= 0.3 is 0 Å². The quantitative estimate of drug-likeness (QED) is 0.609. The molecule has 0 spiro atoms. The molecule has 0 saturated carbocycles. The van der Waals surface area contributed by atoms with Crippen LogP contribution < -0.4 is 9.46 Å². The van der Waals surface area contributed by atoms with Gasteiger partial charge in [0.2, 0.25) is 10.0 Å². The molecule has 0 aliphatic heterocycles. The van der Waals surface area contributed by atoms with Gasteiger partial charge in [-0.2, -0.15) is 0 Å². The monoisotopic (exact) mass is 419 g/mol. The molecule has 3 rings (SSSR count). The normalized spacial score (nSPS) is 13.2. The van der Waals surface area contributed by atoms with E-state index in [1.165, 1.54) is 12.1 Å². The summed E-state index contributed by atoms with van der Waals surface area (Å²) >= 11 is 0. The standard InChI is InChI=1S/C21H26FN3O3S/c1-5-28-21-11-10-15(12-18(21)22)29(26,27)23-13-20(24(2)3)17-14-25(4)19-9-7-6-8-16(17)19/h6-12,14,20,23H,5,13H2,1-4H3/t20-/m1/s1. The van der Waals surface area contributed by atoms with E-state index in [4.69, 9.17) is 4.74 Å². The first-order valence-electron chi connectivity index (χ1n) is 9.37. The summed E-state index contributed by atoms with van der Waals surface area (Å²) in [6.07, 6.45) is 2.01. The maximum absolute atomic E-state index is 14.1. The van der Waals surface area contributed by atoms with Gasteiger partial charge in [0.05, 0.1) is 11.5 Å². The molecule has 0 aliphatic carbocycles. The molecular formula is C21H26FN3O3S. The highest BCUT2D eigenvalue weighted by Gasteiger charge is 2.23. The summed E-state index contributed by atoms with van der Waals surface area (Å²) in [5.74, 6) is -0.665. The number of nitrogens with zero attached hydrogens (tertiary/aromatic N) is 2. The molecule has 0 aliphatic rings. The van der Waals surface area contributed by atoms with Crippen molar-refractivity contribution in [1.29, 1.82) is 0 Å². The van der Waals surface area contributed by atoms with Gasteiger partial charge in [-0.15, -0.1) is 0 Å². The fourth-order valence-electron chi connectivity index (χ4n) is 3.40. The number of para-hydroxylation sites is 1. The molecule has 3 aromatic rings. The first kappa shape index (κ1) is 21.3. The Morgan fingerprint density at radius 1 is 1.21 bits per heavy atom. The molecule has 1 aromatic heterocycles. The number of likely N-dealkylation sites (N-methyl/N-ethyl adjacent to an activating group) is 1. The third-order valence-corrected chi connectivity index (χ3v) is 6.31. The van der Waals surface area contributed by atoms with E-state index in [1.807, 2.05) is 61.1 Å². The second-order valence-electron chi connectivity index (χ2n) is 7.07. The van der Waals surface area contributed by atoms with Crippen LogP contribution in [0.5, 0.6) is 5.75 Å². The number of fused-ring (bicyclic) bond motifs is 1. The molecule has 0 radical (unpaired) electrons. The third-order valence-electron chi connectivity index (χ3n) is 4.89. The first-order chi connectivity index (χ1) is 13.7. The minimum Gasteiger partial charge on any atom is -0.491 e. The number of sulfonamides is 1. The van der Waals surface area contributed by atoms with Crippen molar-refractivity contribution in [3.63, 3.8) is 0 Å². The fourth-order valence-corrected chi connectivity index (χ4v) is 4.45. The van der Waals surface area contributed by atoms with Gasteiger partial charge in [-0.05, 0) is 50.8 Å². The van der Waals surface area contributed by atoms with E-state index in [1.54, 1.807) is 6.92 Å². The second kappa shape index (κ2) is 8.52. The molecule has 2 aromatic carbocycles. The molecule has 1 atom stereocenters. The summed E-state index contributed by atoms with van der Waals surface area (Å²) in [6.45, 7) is 2.19. The van der Waals surface area contributed by atoms with E-state index < -0.39 is 15.8 Å². The van der Waals surface area contributed by atoms with Crippen LogP contribution in [-0.2, 0) is 17.1 Å². The highest BCUT2D eigenvalue weighted by Crippen LogP contribution is 2.29. The van der Waals surface area contributed by atoms with Crippen molar-refractivity contribution in [2.75, 3.05) is 27.2 Å². The van der Waals surface area contributed by atoms with Crippen molar-refractivity contribution >= 4 is 20.9 Å². The number of aryl methyl sites for hydroxylation is 1. The molecule has 0 amide bonds. The van der Waals surface area contributed by atoms with Crippen LogP contribution in [0, 0.1) is 5.82 Å². The van der Waals surface area contributed by atoms with Gasteiger partial charge in [-0.1, -0.05) is 18.2 Å². The van der Waals surface area contributed by atoms with Crippen LogP contribution in [0.4, 0.5) is 4.39 Å². The van der Waals surface area contributed by atoms with E-state index >= 15 is 0 Å². The predicted octanol–water partition coefficient (Wildman–Crippen LogP) is 3.30. The number of benzene rings is 2. The number of nitrogens with one attached hydrogen (secondary N) is 1. The average Bonchev–Trinajstić information content (AvgIpc) is 3.00. The zero-order valence-electron chi connectivity index (χ0n) is 17.0. The van der Waals surface area contributed by atoms with Crippen LogP contribution in [0.2, 0.25) is 0 Å². The van der Waals surface area contributed by atoms with Gasteiger partial charge in [0.25, 0.3) is 0 Å². The molecule has 0 fully saturated rings. The summed E-state index contributed by atoms with van der Waals surface area (Å²) in [5.41, 5.74) is 2.10. The van der Waals surface area contributed by atoms with Crippen LogP contribution in [0.3, 0.4) is 0 Å². The predicted molar refractivity (Wildman–Crippen MR) is 112 cm³/mol. The molecule has 29 heavy (non-hydrogen) atoms. The minimum absolute atomic E-state index is 0.0355. The number of halogens is 1. The zero-order valence-corrected chi connectivity index (χ0v) is 17.8. The molecule has 0 unspecified atom stereocenters. The number of ether oxygens (including phenoxy) is 1. The van der Waals surface area contributed by atoms with Crippen molar-refractivity contribution in [2.24, 2.45) is 7.05 Å². The van der Waals surface area contributed by atoms with Crippen molar-refractivity contribution in [1.82, 2.24) is 14.2 Å². The van der Waals surface area contributed by atoms with Gasteiger partial charge in [0, 0.05) is 36.7 Å². The van der Waals surface area contributed by atoms with Crippen molar-refractivity contribution < 1.29 is 17.5 Å². The van der Waals surface area contributed by atoms with E-state index in [0.29, 0.717) is 6.61 Å². The smallest absolute Gasteiger partial charge is 0.240 e. The van der Waals surface area contributed by atoms with E-state index in [9.17, 15) is 12.8 Å². The van der Waals surface area contributed by atoms with Crippen molar-refractivity contribution in [2.45, 2.75) is 17.9 Å². The number of aromatic nitrogens is 1. The van der Waals surface area contributed by atoms with Gasteiger partial charge in [-0.3, -0.25) is 0 Å². The van der Waals surface area contributed by atoms with E-state index in [2.05, 4.69) is 4.72 Å². The lowest BCUT2D eigenvalue weighted by molar-refractivity contribution is 0.301. The summed E-state index contributed by atoms with van der Waals surface area (Å²) in [4.78, 5) is 1.83. The largest absolute Gasteiger partial charge is 0.491 e. The average molecular weight is 420 g/mol. The minimum atomic E-state index is -3.88. The van der Waals surface area contributed by atoms with Crippen molar-refractivity contribution in [3.05, 3.63) is 60.0 Å².